The molecule has 0 saturated carbocycles. The van der Waals surface area contributed by atoms with Gasteiger partial charge in [0.25, 0.3) is 5.69 Å². The van der Waals surface area contributed by atoms with Crippen LogP contribution in [0.3, 0.4) is 0 Å². The summed E-state index contributed by atoms with van der Waals surface area (Å²) in [5, 5.41) is 20.5. The molecule has 0 aromatic heterocycles. The molecule has 0 saturated heterocycles. The predicted molar refractivity (Wildman–Crippen MR) is 69.0 cm³/mol. The van der Waals surface area contributed by atoms with Crippen LogP contribution in [0.25, 0.3) is 0 Å². The molecule has 0 aliphatic heterocycles. The van der Waals surface area contributed by atoms with E-state index < -0.39 is 11.0 Å². The fourth-order valence-corrected chi connectivity index (χ4v) is 1.88. The van der Waals surface area contributed by atoms with Crippen LogP contribution in [0.1, 0.15) is 5.56 Å². The molecule has 6 heteroatoms. The maximum Gasteiger partial charge on any atom is 0.274 e. The van der Waals surface area contributed by atoms with Crippen LogP contribution in [0.2, 0.25) is 0 Å². The highest BCUT2D eigenvalue weighted by Gasteiger charge is 2.17. The molecule has 1 rings (SSSR count). The summed E-state index contributed by atoms with van der Waals surface area (Å²) in [5.74, 6) is 0. The van der Waals surface area contributed by atoms with Crippen molar-refractivity contribution in [3.63, 3.8) is 0 Å². The van der Waals surface area contributed by atoms with Crippen molar-refractivity contribution in [2.45, 2.75) is 13.0 Å². The van der Waals surface area contributed by atoms with Crippen molar-refractivity contribution < 1.29 is 14.8 Å². The number of nitrogens with zero attached hydrogens (tertiary/aromatic N) is 2. The number of hydrogen-bond donors (Lipinski definition) is 1. The van der Waals surface area contributed by atoms with E-state index in [9.17, 15) is 15.2 Å². The zero-order chi connectivity index (χ0) is 13.7. The molecule has 1 unspecified atom stereocenters. The number of rotatable bonds is 6. The second-order valence-electron chi connectivity index (χ2n) is 4.17. The van der Waals surface area contributed by atoms with Crippen LogP contribution >= 0.6 is 0 Å². The minimum Gasteiger partial charge on any atom is -0.389 e. The molecule has 0 spiro atoms. The quantitative estimate of drug-likeness (QED) is 0.612. The van der Waals surface area contributed by atoms with Crippen LogP contribution in [-0.4, -0.2) is 43.4 Å². The smallest absolute Gasteiger partial charge is 0.274 e. The average Bonchev–Trinajstić information content (AvgIpc) is 2.28. The lowest BCUT2D eigenvalue weighted by atomic mass is 10.1. The van der Waals surface area contributed by atoms with Crippen molar-refractivity contribution in [2.75, 3.05) is 32.2 Å². The fourth-order valence-electron chi connectivity index (χ4n) is 1.88. The van der Waals surface area contributed by atoms with Crippen LogP contribution in [0, 0.1) is 17.0 Å². The molecule has 0 amide bonds. The highest BCUT2D eigenvalue weighted by Crippen LogP contribution is 2.27. The number of aliphatic hydroxyl groups excluding tert-OH is 1. The van der Waals surface area contributed by atoms with Crippen molar-refractivity contribution in [3.8, 4) is 0 Å². The highest BCUT2D eigenvalue weighted by molar-refractivity contribution is 5.61. The maximum atomic E-state index is 10.8. The van der Waals surface area contributed by atoms with E-state index in [4.69, 9.17) is 4.74 Å². The van der Waals surface area contributed by atoms with Gasteiger partial charge in [0, 0.05) is 38.0 Å². The molecule has 0 aliphatic carbocycles. The summed E-state index contributed by atoms with van der Waals surface area (Å²) >= 11 is 0. The first-order chi connectivity index (χ1) is 8.47. The van der Waals surface area contributed by atoms with Crippen molar-refractivity contribution >= 4 is 11.4 Å². The van der Waals surface area contributed by atoms with Gasteiger partial charge in [-0.2, -0.15) is 0 Å². The van der Waals surface area contributed by atoms with E-state index in [-0.39, 0.29) is 12.3 Å². The molecule has 0 bridgehead atoms. The topological polar surface area (TPSA) is 75.8 Å². The van der Waals surface area contributed by atoms with Crippen molar-refractivity contribution in [3.05, 3.63) is 33.9 Å². The number of likely N-dealkylation sites (N-methyl/N-ethyl adjacent to an activating group) is 1. The molecular weight excluding hydrogens is 236 g/mol. The van der Waals surface area contributed by atoms with Gasteiger partial charge < -0.3 is 14.7 Å². The van der Waals surface area contributed by atoms with Gasteiger partial charge in [0.2, 0.25) is 0 Å². The molecule has 100 valence electrons. The molecule has 1 aromatic rings. The first-order valence-electron chi connectivity index (χ1n) is 5.59. The normalized spacial score (nSPS) is 12.2. The number of anilines is 1. The lowest BCUT2D eigenvalue weighted by molar-refractivity contribution is -0.385. The summed E-state index contributed by atoms with van der Waals surface area (Å²) < 4.78 is 4.85. The Morgan fingerprint density at radius 2 is 2.22 bits per heavy atom. The minimum atomic E-state index is -0.626. The van der Waals surface area contributed by atoms with E-state index in [0.717, 1.165) is 5.69 Å². The molecule has 1 aromatic carbocycles. The Labute approximate surface area is 106 Å². The minimum absolute atomic E-state index is 0.0839. The second-order valence-corrected chi connectivity index (χ2v) is 4.17. The summed E-state index contributed by atoms with van der Waals surface area (Å²) in [6.07, 6.45) is -0.626. The van der Waals surface area contributed by atoms with Gasteiger partial charge in [-0.3, -0.25) is 10.1 Å². The van der Waals surface area contributed by atoms with Crippen LogP contribution < -0.4 is 4.90 Å². The number of methoxy groups -OCH3 is 1. The third-order valence-corrected chi connectivity index (χ3v) is 2.73. The number of aliphatic hydroxyl groups is 1. The summed E-state index contributed by atoms with van der Waals surface area (Å²) in [6, 6.07) is 4.90. The lowest BCUT2D eigenvalue weighted by Gasteiger charge is -2.23. The zero-order valence-electron chi connectivity index (χ0n) is 10.8. The Morgan fingerprint density at radius 3 is 2.78 bits per heavy atom. The third-order valence-electron chi connectivity index (χ3n) is 2.73. The molecule has 1 N–H and O–H groups in total. The number of nitro groups is 1. The number of hydrogen-bond acceptors (Lipinski definition) is 5. The highest BCUT2D eigenvalue weighted by atomic mass is 16.6. The van der Waals surface area contributed by atoms with E-state index >= 15 is 0 Å². The molecule has 0 aliphatic rings. The van der Waals surface area contributed by atoms with E-state index in [1.54, 1.807) is 31.0 Å². The van der Waals surface area contributed by atoms with Crippen molar-refractivity contribution in [1.29, 1.82) is 0 Å². The third kappa shape index (κ3) is 3.41. The Kier molecular flexibility index (Phi) is 5.06. The van der Waals surface area contributed by atoms with Gasteiger partial charge >= 0.3 is 0 Å². The fraction of sp³-hybridized carbons (Fsp3) is 0.500. The van der Waals surface area contributed by atoms with E-state index in [1.807, 2.05) is 0 Å². The first kappa shape index (κ1) is 14.4. The van der Waals surface area contributed by atoms with E-state index in [1.165, 1.54) is 13.2 Å². The van der Waals surface area contributed by atoms with Gasteiger partial charge in [-0.15, -0.1) is 0 Å². The number of benzene rings is 1. The van der Waals surface area contributed by atoms with Crippen LogP contribution in [-0.2, 0) is 4.74 Å². The monoisotopic (exact) mass is 254 g/mol. The van der Waals surface area contributed by atoms with E-state index in [0.29, 0.717) is 12.1 Å². The summed E-state index contributed by atoms with van der Waals surface area (Å²) in [6.45, 7) is 2.29. The maximum absolute atomic E-state index is 10.8. The summed E-state index contributed by atoms with van der Waals surface area (Å²) in [4.78, 5) is 12.2. The van der Waals surface area contributed by atoms with Gasteiger partial charge in [0.1, 0.15) is 0 Å². The average molecular weight is 254 g/mol. The second kappa shape index (κ2) is 6.32. The molecular formula is C12H18N2O4. The lowest BCUT2D eigenvalue weighted by Crippen LogP contribution is -2.32. The number of nitro benzene ring substituents is 1. The molecule has 6 nitrogen and oxygen atoms in total. The standard InChI is InChI=1S/C12H18N2O4/c1-9-11(5-4-6-12(9)14(16)17)13(2)7-10(15)8-18-3/h4-6,10,15H,7-8H2,1-3H3. The number of ether oxygens (including phenoxy) is 1. The van der Waals surface area contributed by atoms with Crippen LogP contribution in [0.4, 0.5) is 11.4 Å². The first-order valence-corrected chi connectivity index (χ1v) is 5.59. The zero-order valence-corrected chi connectivity index (χ0v) is 10.8. The molecule has 1 atom stereocenters. The SMILES string of the molecule is COCC(O)CN(C)c1cccc([N+](=O)[O-])c1C. The van der Waals surface area contributed by atoms with Gasteiger partial charge in [0.15, 0.2) is 0 Å². The van der Waals surface area contributed by atoms with Crippen LogP contribution in [0.5, 0.6) is 0 Å². The van der Waals surface area contributed by atoms with Gasteiger partial charge in [-0.25, -0.2) is 0 Å². The Bertz CT molecular complexity index is 423. The van der Waals surface area contributed by atoms with E-state index in [2.05, 4.69) is 0 Å². The molecule has 18 heavy (non-hydrogen) atoms. The molecule has 0 radical (unpaired) electrons. The van der Waals surface area contributed by atoms with Gasteiger partial charge in [-0.05, 0) is 13.0 Å². The van der Waals surface area contributed by atoms with Gasteiger partial charge in [-0.1, -0.05) is 6.07 Å². The summed E-state index contributed by atoms with van der Waals surface area (Å²) in [5.41, 5.74) is 1.41. The predicted octanol–water partition coefficient (Wildman–Crippen LogP) is 1.35. The van der Waals surface area contributed by atoms with Gasteiger partial charge in [0.05, 0.1) is 17.6 Å². The Morgan fingerprint density at radius 1 is 1.56 bits per heavy atom. The summed E-state index contributed by atoms with van der Waals surface area (Å²) in [7, 11) is 3.30. The molecule has 0 fully saturated rings. The van der Waals surface area contributed by atoms with Crippen molar-refractivity contribution in [2.24, 2.45) is 0 Å². The Hall–Kier alpha value is -1.66. The largest absolute Gasteiger partial charge is 0.389 e. The van der Waals surface area contributed by atoms with Crippen molar-refractivity contribution in [1.82, 2.24) is 0 Å². The molecule has 0 heterocycles. The van der Waals surface area contributed by atoms with Crippen LogP contribution in [0.15, 0.2) is 18.2 Å². The Balaban J connectivity index is 2.89.